The molecule has 1 atom stereocenters. The second-order valence-electron chi connectivity index (χ2n) is 5.89. The number of hydrogen-bond donors (Lipinski definition) is 2. The van der Waals surface area contributed by atoms with Crippen LogP contribution in [0.3, 0.4) is 0 Å². The standard InChI is InChI=1S/C17H27N5O2.2ClH/c1-5-13(3)22-16-15(11-20-22)14(10-12(2)21-16)17(23)19-7-6-18-8-9-24-4;;/h10-11,13,18H,5-9H2,1-4H3,(H,19,23);2*1H. The molecule has 1 amide bonds. The highest BCUT2D eigenvalue weighted by Crippen LogP contribution is 2.22. The number of rotatable bonds is 9. The number of pyridine rings is 1. The number of hydrogen-bond acceptors (Lipinski definition) is 5. The van der Waals surface area contributed by atoms with Gasteiger partial charge in [-0.15, -0.1) is 24.8 Å². The molecular weight excluding hydrogens is 377 g/mol. The molecule has 0 aromatic carbocycles. The Morgan fingerprint density at radius 1 is 1.31 bits per heavy atom. The summed E-state index contributed by atoms with van der Waals surface area (Å²) in [5, 5.41) is 11.4. The molecule has 2 rings (SSSR count). The Morgan fingerprint density at radius 2 is 2.04 bits per heavy atom. The van der Waals surface area contributed by atoms with Crippen LogP contribution >= 0.6 is 24.8 Å². The molecule has 2 N–H and O–H groups in total. The summed E-state index contributed by atoms with van der Waals surface area (Å²) < 4.78 is 6.86. The van der Waals surface area contributed by atoms with Gasteiger partial charge in [0.05, 0.1) is 29.8 Å². The van der Waals surface area contributed by atoms with E-state index in [2.05, 4.69) is 34.6 Å². The zero-order valence-corrected chi connectivity index (χ0v) is 17.4. The minimum absolute atomic E-state index is 0. The molecule has 2 aromatic rings. The first-order valence-corrected chi connectivity index (χ1v) is 8.41. The number of nitrogens with zero attached hydrogens (tertiary/aromatic N) is 3. The highest BCUT2D eigenvalue weighted by Gasteiger charge is 2.17. The van der Waals surface area contributed by atoms with Gasteiger partial charge < -0.3 is 15.4 Å². The van der Waals surface area contributed by atoms with E-state index >= 15 is 0 Å². The molecule has 0 saturated carbocycles. The molecule has 0 aliphatic rings. The molecule has 0 aliphatic carbocycles. The fraction of sp³-hybridized carbons (Fsp3) is 0.588. The van der Waals surface area contributed by atoms with Crippen molar-refractivity contribution in [3.63, 3.8) is 0 Å². The molecule has 1 unspecified atom stereocenters. The predicted molar refractivity (Wildman–Crippen MR) is 109 cm³/mol. The van der Waals surface area contributed by atoms with E-state index in [0.717, 1.165) is 29.7 Å². The zero-order valence-electron chi connectivity index (χ0n) is 15.7. The van der Waals surface area contributed by atoms with Crippen molar-refractivity contribution in [1.29, 1.82) is 0 Å². The highest BCUT2D eigenvalue weighted by atomic mass is 35.5. The summed E-state index contributed by atoms with van der Waals surface area (Å²) >= 11 is 0. The lowest BCUT2D eigenvalue weighted by Crippen LogP contribution is -2.33. The summed E-state index contributed by atoms with van der Waals surface area (Å²) in [6.45, 7) is 8.80. The number of ether oxygens (including phenoxy) is 1. The van der Waals surface area contributed by atoms with E-state index in [1.54, 1.807) is 13.3 Å². The summed E-state index contributed by atoms with van der Waals surface area (Å²) in [6.07, 6.45) is 2.70. The topological polar surface area (TPSA) is 81.1 Å². The molecule has 2 heterocycles. The van der Waals surface area contributed by atoms with Crippen LogP contribution in [0.15, 0.2) is 12.3 Å². The Hall–Kier alpha value is -1.41. The number of aromatic nitrogens is 3. The number of methoxy groups -OCH3 is 1. The van der Waals surface area contributed by atoms with Gasteiger partial charge in [-0.1, -0.05) is 6.92 Å². The maximum atomic E-state index is 12.5. The number of fused-ring (bicyclic) bond motifs is 1. The lowest BCUT2D eigenvalue weighted by molar-refractivity contribution is 0.0955. The number of nitrogens with one attached hydrogen (secondary N) is 2. The first-order valence-electron chi connectivity index (χ1n) is 8.41. The van der Waals surface area contributed by atoms with Crippen LogP contribution in [0.1, 0.15) is 42.4 Å². The van der Waals surface area contributed by atoms with Gasteiger partial charge in [-0.2, -0.15) is 5.10 Å². The van der Waals surface area contributed by atoms with Crippen LogP contribution in [0.2, 0.25) is 0 Å². The van der Waals surface area contributed by atoms with Crippen molar-refractivity contribution < 1.29 is 9.53 Å². The number of aryl methyl sites for hydroxylation is 1. The first kappa shape index (κ1) is 24.6. The number of carbonyl (C=O) groups is 1. The molecular formula is C17H29Cl2N5O2. The Balaban J connectivity index is 0.00000312. The summed E-state index contributed by atoms with van der Waals surface area (Å²) in [5.41, 5.74) is 2.22. The largest absolute Gasteiger partial charge is 0.383 e. The van der Waals surface area contributed by atoms with Crippen LogP contribution in [0.25, 0.3) is 11.0 Å². The minimum Gasteiger partial charge on any atom is -0.383 e. The second-order valence-corrected chi connectivity index (χ2v) is 5.89. The summed E-state index contributed by atoms with van der Waals surface area (Å²) in [6, 6.07) is 2.07. The van der Waals surface area contributed by atoms with Crippen molar-refractivity contribution in [1.82, 2.24) is 25.4 Å². The Bertz CT molecular complexity index is 693. The van der Waals surface area contributed by atoms with Crippen LogP contribution in [0.4, 0.5) is 0 Å². The molecule has 0 radical (unpaired) electrons. The van der Waals surface area contributed by atoms with E-state index in [9.17, 15) is 4.79 Å². The molecule has 9 heteroatoms. The molecule has 0 fully saturated rings. The second kappa shape index (κ2) is 12.1. The normalized spacial score (nSPS) is 11.5. The number of amides is 1. The van der Waals surface area contributed by atoms with E-state index < -0.39 is 0 Å². The summed E-state index contributed by atoms with van der Waals surface area (Å²) in [4.78, 5) is 17.1. The highest BCUT2D eigenvalue weighted by molar-refractivity contribution is 6.05. The van der Waals surface area contributed by atoms with Crippen LogP contribution in [0, 0.1) is 6.92 Å². The van der Waals surface area contributed by atoms with E-state index in [1.165, 1.54) is 0 Å². The van der Waals surface area contributed by atoms with Crippen LogP contribution in [-0.2, 0) is 4.74 Å². The molecule has 0 bridgehead atoms. The zero-order chi connectivity index (χ0) is 17.5. The average Bonchev–Trinajstić information content (AvgIpc) is 2.99. The molecule has 0 aliphatic heterocycles. The van der Waals surface area contributed by atoms with Gasteiger partial charge in [0.25, 0.3) is 5.91 Å². The quantitative estimate of drug-likeness (QED) is 0.626. The van der Waals surface area contributed by atoms with Crippen LogP contribution < -0.4 is 10.6 Å². The van der Waals surface area contributed by atoms with Gasteiger partial charge in [0.1, 0.15) is 0 Å². The Morgan fingerprint density at radius 3 is 2.69 bits per heavy atom. The Kier molecular flexibility index (Phi) is 11.4. The number of carbonyl (C=O) groups excluding carboxylic acids is 1. The minimum atomic E-state index is -0.0947. The maximum Gasteiger partial charge on any atom is 0.252 e. The van der Waals surface area contributed by atoms with Gasteiger partial charge in [0.15, 0.2) is 5.65 Å². The van der Waals surface area contributed by atoms with Gasteiger partial charge in [0.2, 0.25) is 0 Å². The first-order chi connectivity index (χ1) is 11.6. The fourth-order valence-corrected chi connectivity index (χ4v) is 2.49. The number of halogens is 2. The van der Waals surface area contributed by atoms with E-state index in [4.69, 9.17) is 4.74 Å². The average molecular weight is 406 g/mol. The summed E-state index contributed by atoms with van der Waals surface area (Å²) in [7, 11) is 1.67. The van der Waals surface area contributed by atoms with Crippen molar-refractivity contribution in [2.75, 3.05) is 33.4 Å². The van der Waals surface area contributed by atoms with Crippen molar-refractivity contribution in [2.24, 2.45) is 0 Å². The van der Waals surface area contributed by atoms with E-state index in [0.29, 0.717) is 25.3 Å². The maximum absolute atomic E-state index is 12.5. The predicted octanol–water partition coefficient (Wildman–Crippen LogP) is 2.52. The molecule has 2 aromatic heterocycles. The molecule has 7 nitrogen and oxygen atoms in total. The van der Waals surface area contributed by atoms with Crippen molar-refractivity contribution in [2.45, 2.75) is 33.2 Å². The SMILES string of the molecule is CCC(C)n1ncc2c(C(=O)NCCNCCOC)cc(C)nc21.Cl.Cl. The van der Waals surface area contributed by atoms with Crippen LogP contribution in [0.5, 0.6) is 0 Å². The lowest BCUT2D eigenvalue weighted by Gasteiger charge is -2.11. The Labute approximate surface area is 167 Å². The lowest BCUT2D eigenvalue weighted by atomic mass is 10.1. The van der Waals surface area contributed by atoms with Gasteiger partial charge in [-0.05, 0) is 26.3 Å². The van der Waals surface area contributed by atoms with Gasteiger partial charge >= 0.3 is 0 Å². The summed E-state index contributed by atoms with van der Waals surface area (Å²) in [5.74, 6) is -0.0947. The molecule has 26 heavy (non-hydrogen) atoms. The molecule has 0 saturated heterocycles. The fourth-order valence-electron chi connectivity index (χ4n) is 2.49. The smallest absolute Gasteiger partial charge is 0.252 e. The van der Waals surface area contributed by atoms with Crippen molar-refractivity contribution in [3.05, 3.63) is 23.5 Å². The van der Waals surface area contributed by atoms with Crippen LogP contribution in [-0.4, -0.2) is 54.0 Å². The molecule has 148 valence electrons. The van der Waals surface area contributed by atoms with Crippen molar-refractivity contribution >= 4 is 41.8 Å². The monoisotopic (exact) mass is 405 g/mol. The van der Waals surface area contributed by atoms with E-state index in [-0.39, 0.29) is 36.8 Å². The van der Waals surface area contributed by atoms with Gasteiger partial charge in [0, 0.05) is 32.4 Å². The molecule has 0 spiro atoms. The van der Waals surface area contributed by atoms with E-state index in [1.807, 2.05) is 17.7 Å². The van der Waals surface area contributed by atoms with Crippen molar-refractivity contribution in [3.8, 4) is 0 Å². The third kappa shape index (κ3) is 6.09. The van der Waals surface area contributed by atoms with Gasteiger partial charge in [-0.25, -0.2) is 9.67 Å². The third-order valence-corrected chi connectivity index (χ3v) is 4.02. The third-order valence-electron chi connectivity index (χ3n) is 4.02. The van der Waals surface area contributed by atoms with Gasteiger partial charge in [-0.3, -0.25) is 4.79 Å².